The number of ketones is 1. The molecule has 1 saturated heterocycles. The molecular formula is C21H19F5N4O4. The Kier molecular flexibility index (Phi) is 7.76. The first kappa shape index (κ1) is 25.0. The number of Topliss-reactive ketones (excluding diaryl/α,β-unsaturated/α-hetero) is 1. The Morgan fingerprint density at radius 1 is 1.09 bits per heavy atom. The monoisotopic (exact) mass is 486 g/mol. The van der Waals surface area contributed by atoms with Gasteiger partial charge >= 0.3 is 18.1 Å². The molecule has 3 rings (SSSR count). The predicted octanol–water partition coefficient (Wildman–Crippen LogP) is 2.68. The lowest BCUT2D eigenvalue weighted by Gasteiger charge is -2.33. The third-order valence-electron chi connectivity index (χ3n) is 4.85. The van der Waals surface area contributed by atoms with Crippen LogP contribution < -0.4 is 10.2 Å². The van der Waals surface area contributed by atoms with Crippen molar-refractivity contribution in [2.24, 2.45) is 0 Å². The number of aromatic nitrogens is 1. The number of anilines is 1. The van der Waals surface area contributed by atoms with Gasteiger partial charge in [0.05, 0.1) is 37.7 Å². The van der Waals surface area contributed by atoms with Crippen molar-refractivity contribution in [3.63, 3.8) is 0 Å². The molecule has 13 heteroatoms. The molecule has 182 valence electrons. The van der Waals surface area contributed by atoms with Crippen LogP contribution in [0.3, 0.4) is 0 Å². The number of urea groups is 1. The predicted molar refractivity (Wildman–Crippen MR) is 108 cm³/mol. The van der Waals surface area contributed by atoms with Gasteiger partial charge < -0.3 is 15.0 Å². The molecule has 0 saturated carbocycles. The van der Waals surface area contributed by atoms with Gasteiger partial charge in [0.15, 0.2) is 5.78 Å². The number of halogens is 5. The molecule has 2 heterocycles. The van der Waals surface area contributed by atoms with Gasteiger partial charge in [-0.3, -0.25) is 19.5 Å². The molecule has 1 aromatic heterocycles. The summed E-state index contributed by atoms with van der Waals surface area (Å²) in [6, 6.07) is 4.78. The quantitative estimate of drug-likeness (QED) is 0.501. The number of ether oxygens (including phenoxy) is 1. The molecule has 0 atom stereocenters. The number of nitrogens with one attached hydrogen (secondary N) is 1. The van der Waals surface area contributed by atoms with Crippen molar-refractivity contribution in [3.05, 3.63) is 59.4 Å². The van der Waals surface area contributed by atoms with E-state index in [1.165, 1.54) is 22.3 Å². The largest absolute Gasteiger partial charge is 0.471 e. The minimum Gasteiger partial charge on any atom is -0.378 e. The Bertz CT molecular complexity index is 1060. The Hall–Kier alpha value is -3.61. The average molecular weight is 486 g/mol. The fourth-order valence-electron chi connectivity index (χ4n) is 3.09. The number of benzene rings is 1. The molecule has 0 unspecified atom stereocenters. The van der Waals surface area contributed by atoms with Crippen LogP contribution >= 0.6 is 0 Å². The molecule has 1 aliphatic rings. The van der Waals surface area contributed by atoms with E-state index in [4.69, 9.17) is 4.74 Å². The highest BCUT2D eigenvalue weighted by Gasteiger charge is 2.38. The molecule has 34 heavy (non-hydrogen) atoms. The van der Waals surface area contributed by atoms with Gasteiger partial charge in [0.2, 0.25) is 0 Å². The van der Waals surface area contributed by atoms with Crippen LogP contribution in [0.4, 0.5) is 32.4 Å². The van der Waals surface area contributed by atoms with Crippen LogP contribution in [-0.2, 0) is 16.1 Å². The van der Waals surface area contributed by atoms with E-state index in [1.54, 1.807) is 0 Å². The van der Waals surface area contributed by atoms with Gasteiger partial charge in [-0.05, 0) is 24.3 Å². The summed E-state index contributed by atoms with van der Waals surface area (Å²) in [5.74, 6) is -4.85. The zero-order chi connectivity index (χ0) is 24.9. The number of pyridine rings is 1. The highest BCUT2D eigenvalue weighted by molar-refractivity contribution is 5.99. The number of hydrogen-bond acceptors (Lipinski definition) is 5. The Morgan fingerprint density at radius 3 is 2.38 bits per heavy atom. The lowest BCUT2D eigenvalue weighted by molar-refractivity contribution is -0.173. The summed E-state index contributed by atoms with van der Waals surface area (Å²) in [5.41, 5.74) is -0.0406. The highest BCUT2D eigenvalue weighted by atomic mass is 19.4. The van der Waals surface area contributed by atoms with Crippen LogP contribution in [0, 0.1) is 11.6 Å². The van der Waals surface area contributed by atoms with Crippen LogP contribution in [0.15, 0.2) is 36.5 Å². The van der Waals surface area contributed by atoms with Crippen LogP contribution in [0.1, 0.15) is 16.1 Å². The van der Waals surface area contributed by atoms with E-state index < -0.39 is 42.1 Å². The summed E-state index contributed by atoms with van der Waals surface area (Å²) < 4.78 is 69.8. The Labute approximate surface area is 190 Å². The van der Waals surface area contributed by atoms with Crippen LogP contribution in [0.5, 0.6) is 0 Å². The van der Waals surface area contributed by atoms with Gasteiger partial charge in [-0.15, -0.1) is 0 Å². The van der Waals surface area contributed by atoms with Gasteiger partial charge in [-0.25, -0.2) is 13.6 Å². The number of carbonyl (C=O) groups is 3. The number of nitrogens with zero attached hydrogens (tertiary/aromatic N) is 3. The molecule has 0 aliphatic carbocycles. The summed E-state index contributed by atoms with van der Waals surface area (Å²) in [6.45, 7) is 0.00196. The van der Waals surface area contributed by atoms with Gasteiger partial charge in [-0.2, -0.15) is 13.2 Å². The van der Waals surface area contributed by atoms with E-state index in [-0.39, 0.29) is 36.6 Å². The van der Waals surface area contributed by atoms with Crippen molar-refractivity contribution in [1.82, 2.24) is 15.2 Å². The topological polar surface area (TPSA) is 91.8 Å². The van der Waals surface area contributed by atoms with Crippen molar-refractivity contribution in [2.75, 3.05) is 37.7 Å². The van der Waals surface area contributed by atoms with Crippen LogP contribution in [0.2, 0.25) is 0 Å². The third-order valence-corrected chi connectivity index (χ3v) is 4.85. The van der Waals surface area contributed by atoms with E-state index in [1.807, 2.05) is 0 Å². The maximum absolute atomic E-state index is 14.5. The summed E-state index contributed by atoms with van der Waals surface area (Å²) in [5, 5.41) is 1.47. The summed E-state index contributed by atoms with van der Waals surface area (Å²) >= 11 is 0. The molecule has 0 spiro atoms. The molecule has 1 aliphatic heterocycles. The standard InChI is InChI=1S/C21H19F5N4O4/c22-14-2-4-17(16(23)9-14)30(20(33)29-5-7-34-8-6-29)12-15-3-1-13(10-27-15)18(31)11-28-19(32)21(24,25)26/h1-4,9-10H,5-8,11-12H2,(H,28,32). The Morgan fingerprint density at radius 2 is 1.79 bits per heavy atom. The van der Waals surface area contributed by atoms with E-state index in [9.17, 15) is 36.3 Å². The van der Waals surface area contributed by atoms with Crippen molar-refractivity contribution in [1.29, 1.82) is 0 Å². The van der Waals surface area contributed by atoms with E-state index in [2.05, 4.69) is 4.98 Å². The molecule has 2 aromatic rings. The number of amides is 3. The third kappa shape index (κ3) is 6.25. The molecule has 1 fully saturated rings. The first-order valence-corrected chi connectivity index (χ1v) is 9.98. The second kappa shape index (κ2) is 10.5. The van der Waals surface area contributed by atoms with Gasteiger partial charge in [0.1, 0.15) is 11.6 Å². The fourth-order valence-corrected chi connectivity index (χ4v) is 3.09. The molecular weight excluding hydrogens is 467 g/mol. The lowest BCUT2D eigenvalue weighted by atomic mass is 10.1. The lowest BCUT2D eigenvalue weighted by Crippen LogP contribution is -2.48. The van der Waals surface area contributed by atoms with Crippen molar-refractivity contribution < 1.29 is 41.1 Å². The summed E-state index contributed by atoms with van der Waals surface area (Å²) in [7, 11) is 0. The maximum Gasteiger partial charge on any atom is 0.471 e. The zero-order valence-electron chi connectivity index (χ0n) is 17.6. The molecule has 1 N–H and O–H groups in total. The number of morpholine rings is 1. The SMILES string of the molecule is O=C(CNC(=O)C(F)(F)F)c1ccc(CN(C(=O)N2CCOCC2)c2ccc(F)cc2F)nc1. The second-order valence-electron chi connectivity index (χ2n) is 7.21. The first-order chi connectivity index (χ1) is 16.1. The normalized spacial score (nSPS) is 14.0. The number of hydrogen-bond donors (Lipinski definition) is 1. The van der Waals surface area contributed by atoms with E-state index >= 15 is 0 Å². The smallest absolute Gasteiger partial charge is 0.378 e. The highest BCUT2D eigenvalue weighted by Crippen LogP contribution is 2.24. The van der Waals surface area contributed by atoms with Gasteiger partial charge in [0.25, 0.3) is 0 Å². The fraction of sp³-hybridized carbons (Fsp3) is 0.333. The number of rotatable bonds is 6. The molecule has 0 radical (unpaired) electrons. The molecule has 1 aromatic carbocycles. The van der Waals surface area contributed by atoms with Crippen molar-refractivity contribution in [2.45, 2.75) is 12.7 Å². The van der Waals surface area contributed by atoms with Crippen LogP contribution in [0.25, 0.3) is 0 Å². The van der Waals surface area contributed by atoms with Gasteiger partial charge in [0, 0.05) is 30.9 Å². The minimum absolute atomic E-state index is 0.0785. The Balaban J connectivity index is 1.76. The second-order valence-corrected chi connectivity index (χ2v) is 7.21. The van der Waals surface area contributed by atoms with Crippen molar-refractivity contribution >= 4 is 23.4 Å². The molecule has 0 bridgehead atoms. The molecule has 3 amide bonds. The number of alkyl halides is 3. The first-order valence-electron chi connectivity index (χ1n) is 9.98. The summed E-state index contributed by atoms with van der Waals surface area (Å²) in [6.07, 6.45) is -4.05. The zero-order valence-corrected chi connectivity index (χ0v) is 17.6. The van der Waals surface area contributed by atoms with Gasteiger partial charge in [-0.1, -0.05) is 0 Å². The average Bonchev–Trinajstić information content (AvgIpc) is 2.81. The number of carbonyl (C=O) groups excluding carboxylic acids is 3. The van der Waals surface area contributed by atoms with E-state index in [0.29, 0.717) is 19.3 Å². The van der Waals surface area contributed by atoms with Crippen molar-refractivity contribution in [3.8, 4) is 0 Å². The molecule has 8 nitrogen and oxygen atoms in total. The van der Waals surface area contributed by atoms with E-state index in [0.717, 1.165) is 23.2 Å². The minimum atomic E-state index is -5.12. The summed E-state index contributed by atoms with van der Waals surface area (Å²) in [4.78, 5) is 42.5. The van der Waals surface area contributed by atoms with Crippen LogP contribution in [-0.4, -0.2) is 66.6 Å². The maximum atomic E-state index is 14.5.